The van der Waals surface area contributed by atoms with Crippen LogP contribution >= 0.6 is 0 Å². The Kier molecular flexibility index (Phi) is 5.26. The predicted octanol–water partition coefficient (Wildman–Crippen LogP) is 0.500. The van der Waals surface area contributed by atoms with E-state index in [1.165, 1.54) is 0 Å². The van der Waals surface area contributed by atoms with E-state index in [9.17, 15) is 0 Å². The van der Waals surface area contributed by atoms with Gasteiger partial charge in [-0.05, 0) is 0 Å². The van der Waals surface area contributed by atoms with Gasteiger partial charge in [-0.25, -0.2) is 0 Å². The fourth-order valence-electron chi connectivity index (χ4n) is 0.255. The quantitative estimate of drug-likeness (QED) is 0.613. The van der Waals surface area contributed by atoms with E-state index >= 15 is 0 Å². The molecule has 0 aromatic carbocycles. The fraction of sp³-hybridized carbons (Fsp3) is 1.00. The molecule has 0 amide bonds. The van der Waals surface area contributed by atoms with Crippen molar-refractivity contribution in [3.8, 4) is 0 Å². The van der Waals surface area contributed by atoms with E-state index in [4.69, 9.17) is 4.74 Å². The van der Waals surface area contributed by atoms with Gasteiger partial charge >= 0.3 is 56.2 Å². The van der Waals surface area contributed by atoms with Gasteiger partial charge in [0.2, 0.25) is 0 Å². The summed E-state index contributed by atoms with van der Waals surface area (Å²) in [6.07, 6.45) is 0.142. The van der Waals surface area contributed by atoms with Gasteiger partial charge in [-0.15, -0.1) is 0 Å². The van der Waals surface area contributed by atoms with Gasteiger partial charge in [0.15, 0.2) is 0 Å². The standard InChI is InChI=1S/C4H9O2.Ag/c1-4(5)3-6-2;/h4H,3H2,1-2H3;/q-1;+1. The first-order valence-corrected chi connectivity index (χ1v) is 2.65. The van der Waals surface area contributed by atoms with E-state index in [1.54, 1.807) is 7.11 Å². The van der Waals surface area contributed by atoms with Gasteiger partial charge in [0.05, 0.1) is 0 Å². The summed E-state index contributed by atoms with van der Waals surface area (Å²) in [6, 6.07) is 0. The number of ether oxygens (including phenoxy) is 1. The summed E-state index contributed by atoms with van der Waals surface area (Å²) in [7, 11) is 1.64. The molecule has 1 unspecified atom stereocenters. The first-order chi connectivity index (χ1) is 3.31. The molecular formula is C4H9AgO2. The predicted molar refractivity (Wildman–Crippen MR) is 22.4 cm³/mol. The van der Waals surface area contributed by atoms with Gasteiger partial charge < -0.3 is 0 Å². The van der Waals surface area contributed by atoms with Gasteiger partial charge in [0, 0.05) is 0 Å². The summed E-state index contributed by atoms with van der Waals surface area (Å²) >= 11 is 2.85. The van der Waals surface area contributed by atoms with Crippen LogP contribution in [0.3, 0.4) is 0 Å². The molecule has 0 radical (unpaired) electrons. The summed E-state index contributed by atoms with van der Waals surface area (Å²) in [6.45, 7) is 2.54. The summed E-state index contributed by atoms with van der Waals surface area (Å²) in [5, 5.41) is 0. The Morgan fingerprint density at radius 2 is 2.29 bits per heavy atom. The van der Waals surface area contributed by atoms with Crippen LogP contribution in [0.2, 0.25) is 0 Å². The van der Waals surface area contributed by atoms with Crippen LogP contribution in [0.5, 0.6) is 0 Å². The molecule has 0 rings (SSSR count). The monoisotopic (exact) mass is 196 g/mol. The zero-order valence-electron chi connectivity index (χ0n) is 4.40. The molecule has 0 heterocycles. The van der Waals surface area contributed by atoms with Crippen LogP contribution in [0.1, 0.15) is 6.92 Å². The topological polar surface area (TPSA) is 18.5 Å². The van der Waals surface area contributed by atoms with Crippen molar-refractivity contribution in [2.75, 3.05) is 13.7 Å². The van der Waals surface area contributed by atoms with E-state index in [2.05, 4.69) is 24.7 Å². The van der Waals surface area contributed by atoms with Gasteiger partial charge in [0.25, 0.3) is 0 Å². The molecule has 3 heteroatoms. The minimum atomic E-state index is 0.142. The van der Waals surface area contributed by atoms with Crippen LogP contribution in [0.15, 0.2) is 0 Å². The Morgan fingerprint density at radius 1 is 1.71 bits per heavy atom. The van der Waals surface area contributed by atoms with E-state index in [0.717, 1.165) is 0 Å². The Bertz CT molecular complexity index is 40.7. The molecule has 0 aromatic rings. The Morgan fingerprint density at radius 3 is 2.43 bits per heavy atom. The molecule has 0 bridgehead atoms. The summed E-state index contributed by atoms with van der Waals surface area (Å²) in [4.78, 5) is 0. The Labute approximate surface area is 56.6 Å². The van der Waals surface area contributed by atoms with Crippen molar-refractivity contribution in [1.82, 2.24) is 0 Å². The van der Waals surface area contributed by atoms with E-state index in [-0.39, 0.29) is 6.10 Å². The van der Waals surface area contributed by atoms with E-state index in [1.807, 2.05) is 6.92 Å². The number of hydrogen-bond donors (Lipinski definition) is 0. The second-order valence-corrected chi connectivity index (χ2v) is 1.69. The molecular weight excluding hydrogens is 188 g/mol. The van der Waals surface area contributed by atoms with Crippen LogP contribution in [0.4, 0.5) is 0 Å². The molecule has 0 aliphatic heterocycles. The van der Waals surface area contributed by atoms with Gasteiger partial charge in [-0.1, -0.05) is 0 Å². The fourth-order valence-corrected chi connectivity index (χ4v) is 0.356. The SMILES string of the molecule is COCC(C)[O][Ag]. The average Bonchev–Trinajstić information content (AvgIpc) is 1.68. The second kappa shape index (κ2) is 4.81. The molecule has 0 saturated carbocycles. The molecule has 7 heavy (non-hydrogen) atoms. The van der Waals surface area contributed by atoms with Crippen LogP contribution < -0.4 is 0 Å². The molecule has 0 saturated heterocycles. The zero-order valence-corrected chi connectivity index (χ0v) is 5.88. The first kappa shape index (κ1) is 7.66. The van der Waals surface area contributed by atoms with Crippen LogP contribution in [-0.2, 0) is 29.4 Å². The summed E-state index contributed by atoms with van der Waals surface area (Å²) < 4.78 is 9.41. The summed E-state index contributed by atoms with van der Waals surface area (Å²) in [5.74, 6) is 0. The first-order valence-electron chi connectivity index (χ1n) is 2.04. The van der Waals surface area contributed by atoms with Crippen molar-refractivity contribution in [2.24, 2.45) is 0 Å². The molecule has 0 aliphatic rings. The Hall–Kier alpha value is 0.660. The molecule has 0 aromatic heterocycles. The van der Waals surface area contributed by atoms with Crippen LogP contribution in [-0.4, -0.2) is 19.8 Å². The normalized spacial score (nSPS) is 14.3. The van der Waals surface area contributed by atoms with Crippen molar-refractivity contribution in [1.29, 1.82) is 0 Å². The molecule has 48 valence electrons. The van der Waals surface area contributed by atoms with Crippen molar-refractivity contribution < 1.29 is 29.4 Å². The third kappa shape index (κ3) is 4.51. The zero-order chi connectivity index (χ0) is 5.70. The van der Waals surface area contributed by atoms with Crippen molar-refractivity contribution in [3.63, 3.8) is 0 Å². The molecule has 0 fully saturated rings. The Balaban J connectivity index is 2.83. The van der Waals surface area contributed by atoms with Crippen molar-refractivity contribution in [2.45, 2.75) is 13.0 Å². The number of methoxy groups -OCH3 is 1. The molecule has 0 aliphatic carbocycles. The van der Waals surface area contributed by atoms with Crippen LogP contribution in [0.25, 0.3) is 0 Å². The third-order valence-corrected chi connectivity index (χ3v) is 1.12. The molecule has 1 atom stereocenters. The maximum absolute atomic E-state index is 4.74. The number of hydrogen-bond acceptors (Lipinski definition) is 2. The van der Waals surface area contributed by atoms with Crippen LogP contribution in [0, 0.1) is 0 Å². The second-order valence-electron chi connectivity index (χ2n) is 1.34. The number of rotatable bonds is 3. The van der Waals surface area contributed by atoms with E-state index in [0.29, 0.717) is 6.61 Å². The van der Waals surface area contributed by atoms with Gasteiger partial charge in [-0.2, -0.15) is 0 Å². The minimum absolute atomic E-state index is 0.142. The third-order valence-electron chi connectivity index (χ3n) is 0.523. The summed E-state index contributed by atoms with van der Waals surface area (Å²) in [5.41, 5.74) is 0. The van der Waals surface area contributed by atoms with Gasteiger partial charge in [0.1, 0.15) is 0 Å². The molecule has 2 nitrogen and oxygen atoms in total. The van der Waals surface area contributed by atoms with Crippen molar-refractivity contribution >= 4 is 0 Å². The maximum atomic E-state index is 4.74. The van der Waals surface area contributed by atoms with Gasteiger partial charge in [-0.3, -0.25) is 0 Å². The van der Waals surface area contributed by atoms with E-state index < -0.39 is 0 Å². The van der Waals surface area contributed by atoms with Crippen molar-refractivity contribution in [3.05, 3.63) is 0 Å². The average molecular weight is 197 g/mol. The molecule has 0 spiro atoms. The molecule has 0 N–H and O–H groups in total.